The van der Waals surface area contributed by atoms with Gasteiger partial charge in [0, 0.05) is 41.0 Å². The van der Waals surface area contributed by atoms with Crippen molar-refractivity contribution in [1.29, 1.82) is 0 Å². The SMILES string of the molecule is CC[C@]12C=CCN3CC[C@]4(C(=C(C(=O)OC)C1)Nc1cc(Cl)ccc14)[C@@H]32. The Bertz CT molecular complexity index is 877. The lowest BCUT2D eigenvalue weighted by atomic mass is 9.55. The Balaban J connectivity index is 1.83. The van der Waals surface area contributed by atoms with E-state index in [-0.39, 0.29) is 16.8 Å². The molecule has 0 unspecified atom stereocenters. The average Bonchev–Trinajstić information content (AvgIpc) is 3.20. The van der Waals surface area contributed by atoms with Gasteiger partial charge >= 0.3 is 5.97 Å². The van der Waals surface area contributed by atoms with E-state index in [1.165, 1.54) is 12.7 Å². The van der Waals surface area contributed by atoms with Crippen molar-refractivity contribution in [2.24, 2.45) is 5.41 Å². The summed E-state index contributed by atoms with van der Waals surface area (Å²) in [4.78, 5) is 15.3. The van der Waals surface area contributed by atoms with Gasteiger partial charge in [-0.25, -0.2) is 4.79 Å². The first-order chi connectivity index (χ1) is 12.6. The van der Waals surface area contributed by atoms with Crippen LogP contribution in [0.4, 0.5) is 5.69 Å². The molecule has 3 atom stereocenters. The van der Waals surface area contributed by atoms with Gasteiger partial charge in [-0.15, -0.1) is 0 Å². The van der Waals surface area contributed by atoms with Gasteiger partial charge in [-0.3, -0.25) is 4.90 Å². The Labute approximate surface area is 158 Å². The first-order valence-corrected chi connectivity index (χ1v) is 9.74. The largest absolute Gasteiger partial charge is 0.466 e. The number of benzene rings is 1. The fourth-order valence-corrected chi connectivity index (χ4v) is 6.22. The zero-order chi connectivity index (χ0) is 18.1. The molecule has 136 valence electrons. The summed E-state index contributed by atoms with van der Waals surface area (Å²) in [5.74, 6) is -0.213. The van der Waals surface area contributed by atoms with Gasteiger partial charge in [0.05, 0.1) is 18.1 Å². The molecule has 4 aliphatic rings. The Morgan fingerprint density at radius 1 is 1.46 bits per heavy atom. The minimum absolute atomic E-state index is 0.0370. The van der Waals surface area contributed by atoms with Crippen molar-refractivity contribution >= 4 is 23.3 Å². The highest BCUT2D eigenvalue weighted by atomic mass is 35.5. The Morgan fingerprint density at radius 2 is 2.31 bits per heavy atom. The van der Waals surface area contributed by atoms with Crippen molar-refractivity contribution in [3.8, 4) is 0 Å². The molecule has 5 heteroatoms. The number of halogens is 1. The molecule has 3 aliphatic heterocycles. The van der Waals surface area contributed by atoms with E-state index in [0.717, 1.165) is 49.3 Å². The van der Waals surface area contributed by atoms with E-state index >= 15 is 0 Å². The average molecular weight is 371 g/mol. The summed E-state index contributed by atoms with van der Waals surface area (Å²) in [6, 6.07) is 6.48. The number of carbonyl (C=O) groups is 1. The number of nitrogens with one attached hydrogen (secondary N) is 1. The van der Waals surface area contributed by atoms with Crippen LogP contribution >= 0.6 is 11.6 Å². The molecule has 1 aromatic rings. The maximum absolute atomic E-state index is 12.7. The summed E-state index contributed by atoms with van der Waals surface area (Å²) in [5.41, 5.74) is 3.95. The molecule has 0 bridgehead atoms. The topological polar surface area (TPSA) is 41.6 Å². The second-order valence-corrected chi connectivity index (χ2v) is 8.38. The van der Waals surface area contributed by atoms with Crippen LogP contribution in [0.3, 0.4) is 0 Å². The van der Waals surface area contributed by atoms with E-state index < -0.39 is 0 Å². The number of fused-ring (bicyclic) bond motifs is 1. The summed E-state index contributed by atoms with van der Waals surface area (Å²) >= 11 is 6.27. The molecular weight excluding hydrogens is 348 g/mol. The summed E-state index contributed by atoms with van der Waals surface area (Å²) in [7, 11) is 1.48. The Kier molecular flexibility index (Phi) is 3.38. The van der Waals surface area contributed by atoms with E-state index in [9.17, 15) is 4.79 Å². The minimum atomic E-state index is -0.213. The fraction of sp³-hybridized carbons (Fsp3) is 0.476. The number of nitrogens with zero attached hydrogens (tertiary/aromatic N) is 1. The van der Waals surface area contributed by atoms with Gasteiger partial charge in [0.25, 0.3) is 0 Å². The minimum Gasteiger partial charge on any atom is -0.466 e. The van der Waals surface area contributed by atoms with Crippen LogP contribution in [-0.2, 0) is 14.9 Å². The van der Waals surface area contributed by atoms with E-state index in [1.807, 2.05) is 12.1 Å². The lowest BCUT2D eigenvalue weighted by Crippen LogP contribution is -2.58. The van der Waals surface area contributed by atoms with Crippen LogP contribution in [0.25, 0.3) is 0 Å². The van der Waals surface area contributed by atoms with Crippen LogP contribution in [-0.4, -0.2) is 37.1 Å². The molecule has 0 amide bonds. The molecule has 4 nitrogen and oxygen atoms in total. The van der Waals surface area contributed by atoms with Crippen LogP contribution < -0.4 is 5.32 Å². The number of rotatable bonds is 2. The third kappa shape index (κ3) is 1.82. The van der Waals surface area contributed by atoms with Crippen molar-refractivity contribution in [3.63, 3.8) is 0 Å². The number of methoxy groups -OCH3 is 1. The van der Waals surface area contributed by atoms with Gasteiger partial charge in [0.1, 0.15) is 0 Å². The van der Waals surface area contributed by atoms with E-state index in [0.29, 0.717) is 11.1 Å². The van der Waals surface area contributed by atoms with E-state index in [1.54, 1.807) is 0 Å². The summed E-state index contributed by atoms with van der Waals surface area (Å²) in [6.45, 7) is 4.27. The van der Waals surface area contributed by atoms with Crippen molar-refractivity contribution < 1.29 is 9.53 Å². The predicted octanol–water partition coefficient (Wildman–Crippen LogP) is 3.87. The van der Waals surface area contributed by atoms with Gasteiger partial charge < -0.3 is 10.1 Å². The normalized spacial score (nSPS) is 34.2. The Morgan fingerprint density at radius 3 is 3.08 bits per heavy atom. The van der Waals surface area contributed by atoms with Crippen LogP contribution in [0.2, 0.25) is 5.02 Å². The second kappa shape index (κ2) is 5.37. The number of esters is 1. The van der Waals surface area contributed by atoms with Crippen molar-refractivity contribution in [3.05, 3.63) is 52.2 Å². The quantitative estimate of drug-likeness (QED) is 0.633. The summed E-state index contributed by atoms with van der Waals surface area (Å²) in [6.07, 6.45) is 7.39. The lowest BCUT2D eigenvalue weighted by molar-refractivity contribution is -0.137. The highest BCUT2D eigenvalue weighted by molar-refractivity contribution is 6.31. The molecule has 1 saturated heterocycles. The maximum Gasteiger partial charge on any atom is 0.335 e. The molecule has 3 heterocycles. The molecule has 26 heavy (non-hydrogen) atoms. The zero-order valence-electron chi connectivity index (χ0n) is 15.1. The Hall–Kier alpha value is -1.78. The second-order valence-electron chi connectivity index (χ2n) is 7.94. The molecule has 0 aromatic heterocycles. The highest BCUT2D eigenvalue weighted by Gasteiger charge is 2.65. The summed E-state index contributed by atoms with van der Waals surface area (Å²) in [5, 5.41) is 4.29. The smallest absolute Gasteiger partial charge is 0.335 e. The van der Waals surface area contributed by atoms with Crippen LogP contribution in [0.1, 0.15) is 31.7 Å². The molecule has 0 saturated carbocycles. The molecule has 1 aliphatic carbocycles. The van der Waals surface area contributed by atoms with E-state index in [2.05, 4.69) is 35.4 Å². The number of carbonyl (C=O) groups excluding carboxylic acids is 1. The highest BCUT2D eigenvalue weighted by Crippen LogP contribution is 2.64. The van der Waals surface area contributed by atoms with Gasteiger partial charge in [0.15, 0.2) is 0 Å². The van der Waals surface area contributed by atoms with Gasteiger partial charge in [0.2, 0.25) is 0 Å². The standard InChI is InChI=1S/C21H23ClN2O2/c1-3-20-7-4-9-24-10-8-21(19(20)24)15-6-5-13(22)11-16(15)23-17(21)14(12-20)18(25)26-2/h4-7,11,19,23H,3,8-10,12H2,1-2H3/t19-,20-,21-/m0/s1. The number of anilines is 1. The van der Waals surface area contributed by atoms with Crippen LogP contribution in [0.15, 0.2) is 41.6 Å². The predicted molar refractivity (Wildman–Crippen MR) is 102 cm³/mol. The first-order valence-electron chi connectivity index (χ1n) is 9.36. The fourth-order valence-electron chi connectivity index (χ4n) is 6.05. The molecule has 1 N–H and O–H groups in total. The monoisotopic (exact) mass is 370 g/mol. The number of hydrogen-bond acceptors (Lipinski definition) is 4. The summed E-state index contributed by atoms with van der Waals surface area (Å²) < 4.78 is 5.19. The van der Waals surface area contributed by atoms with Crippen LogP contribution in [0.5, 0.6) is 0 Å². The van der Waals surface area contributed by atoms with Crippen molar-refractivity contribution in [2.45, 2.75) is 37.6 Å². The van der Waals surface area contributed by atoms with Crippen molar-refractivity contribution in [2.75, 3.05) is 25.5 Å². The van der Waals surface area contributed by atoms with Gasteiger partial charge in [-0.2, -0.15) is 0 Å². The third-order valence-electron chi connectivity index (χ3n) is 7.03. The lowest BCUT2D eigenvalue weighted by Gasteiger charge is -2.53. The van der Waals surface area contributed by atoms with Crippen molar-refractivity contribution in [1.82, 2.24) is 4.90 Å². The van der Waals surface area contributed by atoms with Gasteiger partial charge in [-0.1, -0.05) is 36.7 Å². The molecule has 1 fully saturated rings. The zero-order valence-corrected chi connectivity index (χ0v) is 15.9. The molecular formula is C21H23ClN2O2. The molecule has 0 radical (unpaired) electrons. The maximum atomic E-state index is 12.7. The van der Waals surface area contributed by atoms with Gasteiger partial charge in [-0.05, 0) is 37.0 Å². The van der Waals surface area contributed by atoms with E-state index in [4.69, 9.17) is 16.3 Å². The molecule has 1 aromatic carbocycles. The number of hydrogen-bond donors (Lipinski definition) is 1. The van der Waals surface area contributed by atoms with Crippen LogP contribution in [0, 0.1) is 5.41 Å². The molecule has 5 rings (SSSR count). The molecule has 1 spiro atoms. The third-order valence-corrected chi connectivity index (χ3v) is 7.26. The number of ether oxygens (including phenoxy) is 1. The first kappa shape index (κ1) is 16.4.